The van der Waals surface area contributed by atoms with Crippen molar-refractivity contribution >= 4 is 0 Å². The first kappa shape index (κ1) is 14.9. The molecule has 3 rings (SSSR count). The number of benzene rings is 1. The highest BCUT2D eigenvalue weighted by molar-refractivity contribution is 5.30. The largest absolute Gasteiger partial charge is 0.378 e. The van der Waals surface area contributed by atoms with Crippen molar-refractivity contribution in [2.45, 2.75) is 37.8 Å². The van der Waals surface area contributed by atoms with Crippen molar-refractivity contribution in [1.29, 1.82) is 0 Å². The van der Waals surface area contributed by atoms with E-state index in [0.717, 1.165) is 37.0 Å². The van der Waals surface area contributed by atoms with Crippen LogP contribution in [0.4, 0.5) is 4.39 Å². The first-order valence-corrected chi connectivity index (χ1v) is 7.57. The number of hydrogen-bond acceptors (Lipinski definition) is 4. The molecule has 2 aliphatic heterocycles. The molecular formula is C16H23FN2O2. The van der Waals surface area contributed by atoms with E-state index in [0.29, 0.717) is 19.1 Å². The third kappa shape index (κ3) is 2.97. The zero-order chi connectivity index (χ0) is 14.9. The molecule has 2 aliphatic rings. The topological polar surface area (TPSA) is 56.5 Å². The predicted octanol–water partition coefficient (Wildman–Crippen LogP) is 2.22. The van der Waals surface area contributed by atoms with Crippen LogP contribution in [0.15, 0.2) is 18.2 Å². The van der Waals surface area contributed by atoms with Crippen LogP contribution in [0, 0.1) is 18.7 Å². The molecule has 3 N–H and O–H groups in total. The Balaban J connectivity index is 1.84. The molecular weight excluding hydrogens is 271 g/mol. The summed E-state index contributed by atoms with van der Waals surface area (Å²) in [7, 11) is 0. The molecule has 5 heteroatoms. The molecule has 116 valence electrons. The molecule has 1 spiro atoms. The third-order valence-electron chi connectivity index (χ3n) is 4.83. The van der Waals surface area contributed by atoms with Crippen molar-refractivity contribution in [3.63, 3.8) is 0 Å². The van der Waals surface area contributed by atoms with Gasteiger partial charge in [0.1, 0.15) is 5.82 Å². The van der Waals surface area contributed by atoms with Gasteiger partial charge < -0.3 is 9.47 Å². The number of rotatable bonds is 3. The molecule has 0 saturated carbocycles. The van der Waals surface area contributed by atoms with Crippen molar-refractivity contribution in [1.82, 2.24) is 5.43 Å². The highest BCUT2D eigenvalue weighted by Gasteiger charge is 2.43. The normalized spacial score (nSPS) is 30.7. The van der Waals surface area contributed by atoms with E-state index in [1.807, 2.05) is 13.0 Å². The highest BCUT2D eigenvalue weighted by atomic mass is 19.1. The predicted molar refractivity (Wildman–Crippen MR) is 78.0 cm³/mol. The Morgan fingerprint density at radius 1 is 1.43 bits per heavy atom. The fourth-order valence-electron chi connectivity index (χ4n) is 3.64. The zero-order valence-electron chi connectivity index (χ0n) is 12.4. The maximum absolute atomic E-state index is 13.6. The SMILES string of the molecule is Cc1ccc(F)cc1C(NN)C1CCOC2(CCOC2)C1. The van der Waals surface area contributed by atoms with Crippen LogP contribution in [0.5, 0.6) is 0 Å². The van der Waals surface area contributed by atoms with E-state index in [9.17, 15) is 4.39 Å². The number of nitrogens with two attached hydrogens (primary N) is 1. The molecule has 21 heavy (non-hydrogen) atoms. The van der Waals surface area contributed by atoms with Crippen molar-refractivity contribution < 1.29 is 13.9 Å². The molecule has 2 heterocycles. The van der Waals surface area contributed by atoms with Crippen LogP contribution in [0.3, 0.4) is 0 Å². The molecule has 1 aromatic carbocycles. The molecule has 2 saturated heterocycles. The Morgan fingerprint density at radius 3 is 3.00 bits per heavy atom. The van der Waals surface area contributed by atoms with Crippen LogP contribution in [0.2, 0.25) is 0 Å². The second kappa shape index (κ2) is 6.01. The van der Waals surface area contributed by atoms with Gasteiger partial charge in [-0.1, -0.05) is 6.07 Å². The highest BCUT2D eigenvalue weighted by Crippen LogP contribution is 2.41. The van der Waals surface area contributed by atoms with E-state index in [1.165, 1.54) is 6.07 Å². The minimum Gasteiger partial charge on any atom is -0.378 e. The second-order valence-corrected chi connectivity index (χ2v) is 6.23. The summed E-state index contributed by atoms with van der Waals surface area (Å²) >= 11 is 0. The second-order valence-electron chi connectivity index (χ2n) is 6.23. The van der Waals surface area contributed by atoms with Gasteiger partial charge in [-0.2, -0.15) is 0 Å². The Bertz CT molecular complexity index is 503. The first-order valence-electron chi connectivity index (χ1n) is 7.57. The number of aryl methyl sites for hydroxylation is 1. The summed E-state index contributed by atoms with van der Waals surface area (Å²) in [5, 5.41) is 0. The summed E-state index contributed by atoms with van der Waals surface area (Å²) in [6.07, 6.45) is 2.76. The Morgan fingerprint density at radius 2 is 2.29 bits per heavy atom. The summed E-state index contributed by atoms with van der Waals surface area (Å²) in [5.74, 6) is 5.90. The van der Waals surface area contributed by atoms with Gasteiger partial charge in [0.05, 0.1) is 12.2 Å². The van der Waals surface area contributed by atoms with Crippen LogP contribution in [-0.2, 0) is 9.47 Å². The first-order chi connectivity index (χ1) is 10.1. The van der Waals surface area contributed by atoms with Gasteiger partial charge in [-0.15, -0.1) is 0 Å². The van der Waals surface area contributed by atoms with Gasteiger partial charge in [0.15, 0.2) is 0 Å². The van der Waals surface area contributed by atoms with Gasteiger partial charge in [0.2, 0.25) is 0 Å². The Kier molecular flexibility index (Phi) is 4.26. The molecule has 4 nitrogen and oxygen atoms in total. The molecule has 0 bridgehead atoms. The van der Waals surface area contributed by atoms with Crippen LogP contribution < -0.4 is 11.3 Å². The molecule has 0 aliphatic carbocycles. The number of ether oxygens (including phenoxy) is 2. The van der Waals surface area contributed by atoms with Gasteiger partial charge in [0, 0.05) is 25.7 Å². The summed E-state index contributed by atoms with van der Waals surface area (Å²) in [6, 6.07) is 4.83. The smallest absolute Gasteiger partial charge is 0.123 e. The minimum absolute atomic E-state index is 0.0536. The monoisotopic (exact) mass is 294 g/mol. The van der Waals surface area contributed by atoms with E-state index in [-0.39, 0.29) is 17.5 Å². The Labute approximate surface area is 124 Å². The number of hydrogen-bond donors (Lipinski definition) is 2. The summed E-state index contributed by atoms with van der Waals surface area (Å²) in [5.41, 5.74) is 4.73. The van der Waals surface area contributed by atoms with E-state index in [4.69, 9.17) is 15.3 Å². The molecule has 2 fully saturated rings. The molecule has 3 atom stereocenters. The number of hydrazine groups is 1. The lowest BCUT2D eigenvalue weighted by molar-refractivity contribution is -0.103. The molecule has 1 aromatic rings. The van der Waals surface area contributed by atoms with E-state index >= 15 is 0 Å². The van der Waals surface area contributed by atoms with E-state index < -0.39 is 0 Å². The standard InChI is InChI=1S/C16H23FN2O2/c1-11-2-3-13(17)8-14(11)15(19-18)12-4-6-21-16(9-12)5-7-20-10-16/h2-3,8,12,15,19H,4-7,9-10,18H2,1H3. The molecule has 0 aromatic heterocycles. The van der Waals surface area contributed by atoms with Gasteiger partial charge in [-0.05, 0) is 48.9 Å². The average molecular weight is 294 g/mol. The van der Waals surface area contributed by atoms with Gasteiger partial charge in [-0.25, -0.2) is 4.39 Å². The zero-order valence-corrected chi connectivity index (χ0v) is 12.4. The minimum atomic E-state index is -0.221. The summed E-state index contributed by atoms with van der Waals surface area (Å²) in [4.78, 5) is 0. The van der Waals surface area contributed by atoms with Gasteiger partial charge in [-0.3, -0.25) is 11.3 Å². The van der Waals surface area contributed by atoms with Crippen molar-refractivity contribution in [3.05, 3.63) is 35.1 Å². The third-order valence-corrected chi connectivity index (χ3v) is 4.83. The van der Waals surface area contributed by atoms with Crippen molar-refractivity contribution in [2.24, 2.45) is 11.8 Å². The van der Waals surface area contributed by atoms with Gasteiger partial charge in [0.25, 0.3) is 0 Å². The summed E-state index contributed by atoms with van der Waals surface area (Å²) in [6.45, 7) is 4.11. The molecule has 0 amide bonds. The molecule has 3 unspecified atom stereocenters. The van der Waals surface area contributed by atoms with Crippen molar-refractivity contribution in [3.8, 4) is 0 Å². The van der Waals surface area contributed by atoms with Crippen LogP contribution in [-0.4, -0.2) is 25.4 Å². The lowest BCUT2D eigenvalue weighted by Crippen LogP contribution is -2.45. The molecule has 0 radical (unpaired) electrons. The van der Waals surface area contributed by atoms with Crippen LogP contribution in [0.25, 0.3) is 0 Å². The van der Waals surface area contributed by atoms with Crippen LogP contribution in [0.1, 0.15) is 36.4 Å². The lowest BCUT2D eigenvalue weighted by Gasteiger charge is -2.40. The average Bonchev–Trinajstić information content (AvgIpc) is 2.91. The Hall–Kier alpha value is -1.01. The number of halogens is 1. The van der Waals surface area contributed by atoms with E-state index in [2.05, 4.69) is 5.43 Å². The van der Waals surface area contributed by atoms with Crippen molar-refractivity contribution in [2.75, 3.05) is 19.8 Å². The van der Waals surface area contributed by atoms with E-state index in [1.54, 1.807) is 6.07 Å². The fraction of sp³-hybridized carbons (Fsp3) is 0.625. The lowest BCUT2D eigenvalue weighted by atomic mass is 9.78. The fourth-order valence-corrected chi connectivity index (χ4v) is 3.64. The quantitative estimate of drug-likeness (QED) is 0.663. The summed E-state index contributed by atoms with van der Waals surface area (Å²) < 4.78 is 25.1. The number of nitrogens with one attached hydrogen (secondary N) is 1. The van der Waals surface area contributed by atoms with Gasteiger partial charge >= 0.3 is 0 Å². The maximum atomic E-state index is 13.6. The maximum Gasteiger partial charge on any atom is 0.123 e. The van der Waals surface area contributed by atoms with Crippen LogP contribution >= 0.6 is 0 Å².